The van der Waals surface area contributed by atoms with E-state index in [1.54, 1.807) is 18.3 Å². The van der Waals surface area contributed by atoms with E-state index in [0.717, 1.165) is 5.56 Å². The van der Waals surface area contributed by atoms with Crippen molar-refractivity contribution in [3.05, 3.63) is 34.9 Å². The second-order valence-corrected chi connectivity index (χ2v) is 2.80. The van der Waals surface area contributed by atoms with Crippen LogP contribution in [0.3, 0.4) is 0 Å². The molecule has 0 atom stereocenters. The zero-order valence-electron chi connectivity index (χ0n) is 6.87. The van der Waals surface area contributed by atoms with Crippen LogP contribution in [-0.2, 0) is 0 Å². The summed E-state index contributed by atoms with van der Waals surface area (Å²) < 4.78 is 0. The van der Waals surface area contributed by atoms with Crippen LogP contribution in [0, 0.1) is 0 Å². The molecule has 0 spiro atoms. The average molecular weight is 198 g/mol. The van der Waals surface area contributed by atoms with Gasteiger partial charge in [-0.2, -0.15) is 0 Å². The number of nitrogens with zero attached hydrogens (tertiary/aromatic N) is 1. The second kappa shape index (κ2) is 4.47. The van der Waals surface area contributed by atoms with Crippen molar-refractivity contribution in [2.24, 2.45) is 16.6 Å². The van der Waals surface area contributed by atoms with Crippen LogP contribution in [0.4, 0.5) is 0 Å². The third-order valence-corrected chi connectivity index (χ3v) is 1.55. The van der Waals surface area contributed by atoms with Gasteiger partial charge in [0.05, 0.1) is 0 Å². The van der Waals surface area contributed by atoms with Crippen molar-refractivity contribution < 1.29 is 5.10 Å². The van der Waals surface area contributed by atoms with Gasteiger partial charge in [0.15, 0.2) is 0 Å². The summed E-state index contributed by atoms with van der Waals surface area (Å²) in [6.45, 7) is 0. The van der Waals surface area contributed by atoms with Gasteiger partial charge in [-0.05, 0) is 24.3 Å². The molecule has 0 saturated carbocycles. The fourth-order valence-electron chi connectivity index (χ4n) is 0.740. The maximum atomic E-state index is 5.69. The van der Waals surface area contributed by atoms with Crippen molar-refractivity contribution in [3.8, 4) is 0 Å². The summed E-state index contributed by atoms with van der Waals surface area (Å²) in [5.41, 5.74) is 11.1. The Bertz CT molecular complexity index is 325. The van der Waals surface area contributed by atoms with Gasteiger partial charge >= 0.3 is 0 Å². The second-order valence-electron chi connectivity index (χ2n) is 2.36. The number of nitrogens with two attached hydrogens (primary N) is 2. The van der Waals surface area contributed by atoms with Gasteiger partial charge in [0, 0.05) is 15.7 Å². The first-order chi connectivity index (χ1) is 6.18. The number of hydrogen-bond donors (Lipinski definition) is 3. The molecular weight excluding hydrogens is 188 g/mol. The number of hydrazone groups is 1. The van der Waals surface area contributed by atoms with Crippen molar-refractivity contribution in [3.63, 3.8) is 0 Å². The van der Waals surface area contributed by atoms with Crippen LogP contribution in [0.15, 0.2) is 29.4 Å². The van der Waals surface area contributed by atoms with Crippen molar-refractivity contribution in [2.75, 3.05) is 0 Å². The Hall–Kier alpha value is -1.55. The molecule has 0 aliphatic carbocycles. The summed E-state index contributed by atoms with van der Waals surface area (Å²) in [6.07, 6.45) is 1.66. The Morgan fingerprint density at radius 3 is 2.46 bits per heavy atom. The van der Waals surface area contributed by atoms with Gasteiger partial charge in [-0.1, -0.05) is 11.6 Å². The smallest absolute Gasteiger partial charge is 0.256 e. The van der Waals surface area contributed by atoms with Crippen LogP contribution >= 0.6 is 11.6 Å². The molecule has 0 saturated heterocycles. The predicted octanol–water partition coefficient (Wildman–Crippen LogP) is -0.972. The fraction of sp³-hybridized carbons (Fsp3) is 0. The van der Waals surface area contributed by atoms with E-state index in [1.165, 1.54) is 0 Å². The number of nitrogens with one attached hydrogen (secondary N) is 1. The first kappa shape index (κ1) is 9.54. The lowest BCUT2D eigenvalue weighted by Crippen LogP contribution is -2.63. The molecule has 0 aromatic heterocycles. The summed E-state index contributed by atoms with van der Waals surface area (Å²) in [7, 11) is 0. The highest BCUT2D eigenvalue weighted by atomic mass is 35.5. The third kappa shape index (κ3) is 3.57. The zero-order chi connectivity index (χ0) is 9.68. The molecule has 13 heavy (non-hydrogen) atoms. The number of hydrogen-bond acceptors (Lipinski definition) is 1. The Labute approximate surface area is 80.9 Å². The molecule has 1 aromatic carbocycles. The van der Waals surface area contributed by atoms with Crippen LogP contribution in [0.25, 0.3) is 0 Å². The molecule has 68 valence electrons. The molecule has 5 N–H and O–H groups in total. The van der Waals surface area contributed by atoms with Gasteiger partial charge in [-0.3, -0.25) is 0 Å². The largest absolute Gasteiger partial charge is 0.365 e. The fourth-order valence-corrected chi connectivity index (χ4v) is 0.866. The maximum absolute atomic E-state index is 5.69. The minimum Gasteiger partial charge on any atom is -0.365 e. The molecule has 0 radical (unpaired) electrons. The summed E-state index contributed by atoms with van der Waals surface area (Å²) in [4.78, 5) is 0. The molecular formula is C8H10ClN4+. The molecule has 0 aliphatic rings. The van der Waals surface area contributed by atoms with Crippen molar-refractivity contribution in [1.29, 1.82) is 0 Å². The average Bonchev–Trinajstić information content (AvgIpc) is 2.08. The van der Waals surface area contributed by atoms with E-state index in [0.29, 0.717) is 5.02 Å². The summed E-state index contributed by atoms with van der Waals surface area (Å²) >= 11 is 5.69. The first-order valence-corrected chi connectivity index (χ1v) is 3.99. The SMILES string of the molecule is NC(N)=N/[NH+]=C\c1ccc(Cl)cc1. The topological polar surface area (TPSA) is 78.4 Å². The van der Waals surface area contributed by atoms with Crippen molar-refractivity contribution >= 4 is 23.8 Å². The van der Waals surface area contributed by atoms with Crippen LogP contribution < -0.4 is 16.6 Å². The minimum atomic E-state index is -0.00906. The predicted molar refractivity (Wildman–Crippen MR) is 53.4 cm³/mol. The van der Waals surface area contributed by atoms with Crippen LogP contribution in [0.1, 0.15) is 5.56 Å². The molecule has 0 heterocycles. The van der Waals surface area contributed by atoms with Gasteiger partial charge < -0.3 is 11.5 Å². The van der Waals surface area contributed by atoms with Gasteiger partial charge in [0.2, 0.25) is 6.21 Å². The highest BCUT2D eigenvalue weighted by molar-refractivity contribution is 6.30. The number of benzene rings is 1. The number of halogens is 1. The molecule has 5 heteroatoms. The Morgan fingerprint density at radius 1 is 1.31 bits per heavy atom. The van der Waals surface area contributed by atoms with Gasteiger partial charge in [-0.25, -0.2) is 0 Å². The first-order valence-electron chi connectivity index (χ1n) is 3.61. The van der Waals surface area contributed by atoms with E-state index in [2.05, 4.69) is 10.2 Å². The highest BCUT2D eigenvalue weighted by Crippen LogP contribution is 2.06. The lowest BCUT2D eigenvalue weighted by atomic mass is 10.2. The Kier molecular flexibility index (Phi) is 3.28. The van der Waals surface area contributed by atoms with Crippen LogP contribution in [0.5, 0.6) is 0 Å². The number of guanidine groups is 1. The molecule has 0 aliphatic heterocycles. The van der Waals surface area contributed by atoms with E-state index in [9.17, 15) is 0 Å². The van der Waals surface area contributed by atoms with E-state index in [4.69, 9.17) is 23.1 Å². The minimum absolute atomic E-state index is 0.00906. The van der Waals surface area contributed by atoms with E-state index in [1.807, 2.05) is 12.1 Å². The molecule has 0 unspecified atom stereocenters. The molecule has 1 rings (SSSR count). The monoisotopic (exact) mass is 197 g/mol. The number of rotatable bonds is 2. The van der Waals surface area contributed by atoms with Crippen LogP contribution in [0.2, 0.25) is 5.02 Å². The summed E-state index contributed by atoms with van der Waals surface area (Å²) in [6, 6.07) is 7.25. The standard InChI is InChI=1S/C8H9ClN4/c9-7-3-1-6(2-4-7)5-12-13-8(10)11/h1-5H,(H4,10,11,13)/p+1/b12-5-. The van der Waals surface area contributed by atoms with E-state index >= 15 is 0 Å². The molecule has 4 nitrogen and oxygen atoms in total. The maximum Gasteiger partial charge on any atom is 0.256 e. The highest BCUT2D eigenvalue weighted by Gasteiger charge is 1.91. The van der Waals surface area contributed by atoms with Gasteiger partial charge in [0.25, 0.3) is 5.96 Å². The quantitative estimate of drug-likeness (QED) is 0.324. The molecule has 0 fully saturated rings. The molecule has 0 amide bonds. The van der Waals surface area contributed by atoms with E-state index < -0.39 is 0 Å². The lowest BCUT2D eigenvalue weighted by Gasteiger charge is -1.87. The van der Waals surface area contributed by atoms with Gasteiger partial charge in [-0.15, -0.1) is 5.10 Å². The van der Waals surface area contributed by atoms with Gasteiger partial charge in [0.1, 0.15) is 0 Å². The normalized spacial score (nSPS) is 10.2. The zero-order valence-corrected chi connectivity index (χ0v) is 7.62. The van der Waals surface area contributed by atoms with Crippen molar-refractivity contribution in [1.82, 2.24) is 0 Å². The summed E-state index contributed by atoms with van der Waals surface area (Å²) in [5.74, 6) is -0.00906. The third-order valence-electron chi connectivity index (χ3n) is 1.29. The molecule has 0 bridgehead atoms. The molecule has 1 aromatic rings. The Balaban J connectivity index is 2.70. The Morgan fingerprint density at radius 2 is 1.92 bits per heavy atom. The lowest BCUT2D eigenvalue weighted by molar-refractivity contribution is -0.456. The van der Waals surface area contributed by atoms with Crippen molar-refractivity contribution in [2.45, 2.75) is 0 Å². The van der Waals surface area contributed by atoms with Crippen LogP contribution in [-0.4, -0.2) is 12.2 Å². The van der Waals surface area contributed by atoms with E-state index in [-0.39, 0.29) is 5.96 Å². The summed E-state index contributed by atoms with van der Waals surface area (Å²) in [5, 5.41) is 6.86.